The molecule has 0 aliphatic heterocycles. The van der Waals surface area contributed by atoms with E-state index < -0.39 is 0 Å². The van der Waals surface area contributed by atoms with Gasteiger partial charge in [0.1, 0.15) is 5.76 Å². The molecule has 1 aromatic carbocycles. The molecule has 0 unspecified atom stereocenters. The Bertz CT molecular complexity index is 1160. The first-order valence-corrected chi connectivity index (χ1v) is 10.5. The fraction of sp³-hybridized carbons (Fsp3) is 0.250. The first-order valence-electron chi connectivity index (χ1n) is 8.68. The lowest BCUT2D eigenvalue weighted by Gasteiger charge is -2.15. The third kappa shape index (κ3) is 3.57. The van der Waals surface area contributed by atoms with Gasteiger partial charge in [-0.1, -0.05) is 23.9 Å². The smallest absolute Gasteiger partial charge is 0.262 e. The number of benzene rings is 1. The van der Waals surface area contributed by atoms with Gasteiger partial charge in [-0.3, -0.25) is 9.36 Å². The summed E-state index contributed by atoms with van der Waals surface area (Å²) in [5, 5.41) is 4.27. The Kier molecular flexibility index (Phi) is 4.88. The van der Waals surface area contributed by atoms with E-state index in [4.69, 9.17) is 9.40 Å². The molecule has 0 radical (unpaired) electrons. The number of thioether (sulfide) groups is 1. The van der Waals surface area contributed by atoms with Crippen LogP contribution in [0.5, 0.6) is 0 Å². The molecule has 3 aromatic heterocycles. The lowest BCUT2D eigenvalue weighted by Crippen LogP contribution is -2.25. The van der Waals surface area contributed by atoms with Gasteiger partial charge in [0.25, 0.3) is 5.56 Å². The Morgan fingerprint density at radius 3 is 2.74 bits per heavy atom. The van der Waals surface area contributed by atoms with Crippen LogP contribution in [0.2, 0.25) is 0 Å². The summed E-state index contributed by atoms with van der Waals surface area (Å²) in [4.78, 5) is 22.3. The maximum Gasteiger partial charge on any atom is 0.262 e. The van der Waals surface area contributed by atoms with Crippen molar-refractivity contribution >= 4 is 34.0 Å². The van der Waals surface area contributed by atoms with Gasteiger partial charge in [0.15, 0.2) is 15.9 Å². The Hall–Kier alpha value is -2.38. The Labute approximate surface area is 165 Å². The lowest BCUT2D eigenvalue weighted by atomic mass is 10.2. The molecule has 0 aliphatic rings. The van der Waals surface area contributed by atoms with Gasteiger partial charge in [0.2, 0.25) is 0 Å². The summed E-state index contributed by atoms with van der Waals surface area (Å²) in [7, 11) is 0. The number of hydrogen-bond donors (Lipinski definition) is 0. The van der Waals surface area contributed by atoms with Crippen LogP contribution in [0.3, 0.4) is 0 Å². The largest absolute Gasteiger partial charge is 0.459 e. The van der Waals surface area contributed by atoms with Crippen molar-refractivity contribution in [2.75, 3.05) is 0 Å². The van der Waals surface area contributed by atoms with Crippen molar-refractivity contribution in [1.29, 1.82) is 0 Å². The molecule has 0 spiro atoms. The summed E-state index contributed by atoms with van der Waals surface area (Å²) in [6, 6.07) is 11.4. The van der Waals surface area contributed by atoms with E-state index in [0.29, 0.717) is 11.1 Å². The van der Waals surface area contributed by atoms with Crippen LogP contribution >= 0.6 is 23.1 Å². The first-order chi connectivity index (χ1) is 13.0. The van der Waals surface area contributed by atoms with E-state index in [1.54, 1.807) is 15.9 Å². The van der Waals surface area contributed by atoms with E-state index in [1.807, 2.05) is 62.5 Å². The van der Waals surface area contributed by atoms with Gasteiger partial charge in [0, 0.05) is 17.2 Å². The molecule has 0 fully saturated rings. The number of nitrogens with zero attached hydrogens (tertiary/aromatic N) is 3. The average molecular weight is 398 g/mol. The molecular formula is C20H19N3O2S2. The molecule has 138 valence electrons. The molecule has 0 N–H and O–H groups in total. The van der Waals surface area contributed by atoms with Crippen LogP contribution in [-0.4, -0.2) is 14.5 Å². The zero-order valence-corrected chi connectivity index (χ0v) is 16.9. The number of aromatic nitrogens is 3. The van der Waals surface area contributed by atoms with Crippen LogP contribution in [0.4, 0.5) is 0 Å². The van der Waals surface area contributed by atoms with E-state index in [2.05, 4.69) is 4.98 Å². The summed E-state index contributed by atoms with van der Waals surface area (Å²) in [5.74, 6) is 2.31. The van der Waals surface area contributed by atoms with Gasteiger partial charge >= 0.3 is 0 Å². The highest BCUT2D eigenvalue weighted by Gasteiger charge is 2.15. The average Bonchev–Trinajstić information content (AvgIpc) is 3.28. The molecular weight excluding hydrogens is 378 g/mol. The summed E-state index contributed by atoms with van der Waals surface area (Å²) in [6.45, 7) is 5.93. The van der Waals surface area contributed by atoms with Gasteiger partial charge < -0.3 is 4.42 Å². The monoisotopic (exact) mass is 397 g/mol. The lowest BCUT2D eigenvalue weighted by molar-refractivity contribution is 0.519. The summed E-state index contributed by atoms with van der Waals surface area (Å²) in [6.07, 6.45) is 0. The molecule has 4 aromatic rings. The Morgan fingerprint density at radius 2 is 2.00 bits per heavy atom. The van der Waals surface area contributed by atoms with Crippen molar-refractivity contribution in [3.63, 3.8) is 0 Å². The Balaban J connectivity index is 1.63. The third-order valence-corrected chi connectivity index (χ3v) is 6.04. The quantitative estimate of drug-likeness (QED) is 0.338. The van der Waals surface area contributed by atoms with Gasteiger partial charge in [-0.15, -0.1) is 11.3 Å². The van der Waals surface area contributed by atoms with E-state index in [9.17, 15) is 4.79 Å². The summed E-state index contributed by atoms with van der Waals surface area (Å²) >= 11 is 3.10. The number of thiazole rings is 1. The number of furan rings is 1. The minimum atomic E-state index is 0.00290. The van der Waals surface area contributed by atoms with Crippen molar-refractivity contribution in [1.82, 2.24) is 14.5 Å². The second kappa shape index (κ2) is 7.32. The normalized spacial score (nSPS) is 11.6. The standard InChI is InChI=1S/C20H19N3O2S2/c1-12(2)23-19(24)15-6-4-5-7-16(15)22-20(23)27-11-14-10-26-18(21-14)17-9-8-13(3)25-17/h4-10,12H,11H2,1-3H3. The van der Waals surface area contributed by atoms with Crippen LogP contribution in [0.25, 0.3) is 21.7 Å². The van der Waals surface area contributed by atoms with Crippen molar-refractivity contribution in [3.05, 3.63) is 63.6 Å². The van der Waals surface area contributed by atoms with Crippen LogP contribution in [0.1, 0.15) is 31.3 Å². The van der Waals surface area contributed by atoms with Crippen molar-refractivity contribution in [2.24, 2.45) is 0 Å². The number of rotatable bonds is 5. The highest BCUT2D eigenvalue weighted by atomic mass is 32.2. The topological polar surface area (TPSA) is 60.9 Å². The van der Waals surface area contributed by atoms with Gasteiger partial charge in [-0.05, 0) is 45.0 Å². The van der Waals surface area contributed by atoms with Crippen molar-refractivity contribution in [3.8, 4) is 10.8 Å². The van der Waals surface area contributed by atoms with Crippen LogP contribution in [0, 0.1) is 6.92 Å². The van der Waals surface area contributed by atoms with Crippen molar-refractivity contribution < 1.29 is 4.42 Å². The molecule has 0 amide bonds. The molecule has 0 saturated heterocycles. The number of para-hydroxylation sites is 1. The van der Waals surface area contributed by atoms with Crippen molar-refractivity contribution in [2.45, 2.75) is 37.7 Å². The SMILES string of the molecule is Cc1ccc(-c2nc(CSc3nc4ccccc4c(=O)n3C(C)C)cs2)o1. The van der Waals surface area contributed by atoms with Gasteiger partial charge in [0.05, 0.1) is 16.6 Å². The fourth-order valence-corrected chi connectivity index (χ4v) is 4.76. The molecule has 5 nitrogen and oxygen atoms in total. The highest BCUT2D eigenvalue weighted by molar-refractivity contribution is 7.98. The minimum absolute atomic E-state index is 0.00290. The maximum atomic E-state index is 12.9. The zero-order valence-electron chi connectivity index (χ0n) is 15.3. The molecule has 0 atom stereocenters. The molecule has 7 heteroatoms. The first kappa shape index (κ1) is 18.0. The van der Waals surface area contributed by atoms with E-state index in [-0.39, 0.29) is 11.6 Å². The Morgan fingerprint density at radius 1 is 1.19 bits per heavy atom. The predicted octanol–water partition coefficient (Wildman–Crippen LogP) is 5.29. The zero-order chi connectivity index (χ0) is 19.0. The highest BCUT2D eigenvalue weighted by Crippen LogP contribution is 2.29. The van der Waals surface area contributed by atoms with E-state index in [1.165, 1.54) is 11.8 Å². The molecule has 3 heterocycles. The second-order valence-corrected chi connectivity index (χ2v) is 8.32. The predicted molar refractivity (Wildman–Crippen MR) is 111 cm³/mol. The third-order valence-electron chi connectivity index (χ3n) is 4.14. The summed E-state index contributed by atoms with van der Waals surface area (Å²) < 4.78 is 7.40. The summed E-state index contributed by atoms with van der Waals surface area (Å²) in [5.41, 5.74) is 1.68. The second-order valence-electron chi connectivity index (χ2n) is 6.52. The van der Waals surface area contributed by atoms with Crippen LogP contribution in [0.15, 0.2) is 56.1 Å². The number of aryl methyl sites for hydroxylation is 1. The minimum Gasteiger partial charge on any atom is -0.459 e. The fourth-order valence-electron chi connectivity index (χ4n) is 2.86. The molecule has 0 bridgehead atoms. The molecule has 4 rings (SSSR count). The maximum absolute atomic E-state index is 12.9. The molecule has 0 aliphatic carbocycles. The van der Waals surface area contributed by atoms with Gasteiger partial charge in [-0.25, -0.2) is 9.97 Å². The number of hydrogen-bond acceptors (Lipinski definition) is 6. The van der Waals surface area contributed by atoms with E-state index >= 15 is 0 Å². The van der Waals surface area contributed by atoms with Gasteiger partial charge in [-0.2, -0.15) is 0 Å². The van der Waals surface area contributed by atoms with E-state index in [0.717, 1.165) is 32.9 Å². The number of fused-ring (bicyclic) bond motifs is 1. The molecule has 27 heavy (non-hydrogen) atoms. The molecule has 0 saturated carbocycles. The van der Waals surface area contributed by atoms with Crippen LogP contribution < -0.4 is 5.56 Å². The van der Waals surface area contributed by atoms with Crippen LogP contribution in [-0.2, 0) is 5.75 Å².